The first-order chi connectivity index (χ1) is 17.8. The van der Waals surface area contributed by atoms with Crippen molar-refractivity contribution in [2.75, 3.05) is 13.2 Å². The SMILES string of the molecule is Cc1c(OCCCCOc2ccc(-c3nn[nH]n3)cc2)ccc(C(=O)CC2CCCC2)c1O.O=C([O-])[O-].[K+].[K+]. The zero-order valence-corrected chi connectivity index (χ0v) is 28.9. The molecule has 0 unspecified atom stereocenters. The van der Waals surface area contributed by atoms with Crippen molar-refractivity contribution in [2.24, 2.45) is 5.92 Å². The Labute approximate surface area is 312 Å². The molecule has 2 aromatic carbocycles. The fourth-order valence-corrected chi connectivity index (χ4v) is 4.21. The summed E-state index contributed by atoms with van der Waals surface area (Å²) in [6.07, 6.45) is 4.46. The van der Waals surface area contributed by atoms with Crippen molar-refractivity contribution in [2.45, 2.75) is 51.9 Å². The molecule has 0 amide bonds. The Hall–Kier alpha value is -0.877. The van der Waals surface area contributed by atoms with Crippen molar-refractivity contribution in [1.82, 2.24) is 20.6 Å². The van der Waals surface area contributed by atoms with Gasteiger partial charge in [0.1, 0.15) is 17.2 Å². The maximum Gasteiger partial charge on any atom is 1.00 e. The summed E-state index contributed by atoms with van der Waals surface area (Å²) in [5, 5.41) is 41.1. The minimum absolute atomic E-state index is 0. The number of aromatic nitrogens is 4. The molecule has 1 aliphatic carbocycles. The number of aromatic hydroxyl groups is 1. The number of hydrogen-bond donors (Lipinski definition) is 2. The van der Waals surface area contributed by atoms with Crippen LogP contribution in [0.2, 0.25) is 0 Å². The molecule has 13 heteroatoms. The molecular formula is C26H30K2N4O7. The predicted octanol–water partition coefficient (Wildman–Crippen LogP) is -3.56. The van der Waals surface area contributed by atoms with E-state index in [4.69, 9.17) is 24.5 Å². The number of rotatable bonds is 11. The number of carboxylic acid groups (broad SMARTS) is 2. The Morgan fingerprint density at radius 2 is 1.62 bits per heavy atom. The minimum Gasteiger partial charge on any atom is -0.652 e. The molecule has 0 aliphatic heterocycles. The Balaban J connectivity index is 0.00000119. The number of nitrogens with zero attached hydrogens (tertiary/aromatic N) is 3. The number of H-pyrrole nitrogens is 1. The van der Waals surface area contributed by atoms with Crippen LogP contribution >= 0.6 is 0 Å². The third-order valence-corrected chi connectivity index (χ3v) is 6.15. The quantitative estimate of drug-likeness (QED) is 0.130. The van der Waals surface area contributed by atoms with Crippen LogP contribution in [0.15, 0.2) is 36.4 Å². The van der Waals surface area contributed by atoms with Crippen molar-refractivity contribution in [3.63, 3.8) is 0 Å². The number of hydrogen-bond acceptors (Lipinski definition) is 10. The van der Waals surface area contributed by atoms with Crippen LogP contribution in [-0.2, 0) is 0 Å². The number of carbonyl (C=O) groups is 2. The summed E-state index contributed by atoms with van der Waals surface area (Å²) < 4.78 is 11.6. The maximum atomic E-state index is 12.6. The Morgan fingerprint density at radius 3 is 2.21 bits per heavy atom. The van der Waals surface area contributed by atoms with E-state index in [0.29, 0.717) is 48.3 Å². The third kappa shape index (κ3) is 12.3. The van der Waals surface area contributed by atoms with E-state index in [-0.39, 0.29) is 114 Å². The van der Waals surface area contributed by atoms with Gasteiger partial charge in [-0.05, 0) is 73.5 Å². The first-order valence-corrected chi connectivity index (χ1v) is 12.2. The number of carbonyl (C=O) groups excluding carboxylic acids is 2. The Bertz CT molecular complexity index is 1150. The molecule has 1 aliphatic rings. The zero-order valence-electron chi connectivity index (χ0n) is 22.6. The number of benzene rings is 2. The van der Waals surface area contributed by atoms with Crippen molar-refractivity contribution in [1.29, 1.82) is 0 Å². The summed E-state index contributed by atoms with van der Waals surface area (Å²) in [6.45, 7) is 2.87. The monoisotopic (exact) mass is 588 g/mol. The van der Waals surface area contributed by atoms with Crippen LogP contribution < -0.4 is 122 Å². The van der Waals surface area contributed by atoms with Gasteiger partial charge in [-0.25, -0.2) is 0 Å². The molecule has 4 rings (SSSR count). The number of unbranched alkanes of at least 4 members (excludes halogenated alkanes) is 1. The van der Waals surface area contributed by atoms with Crippen LogP contribution in [0.5, 0.6) is 17.2 Å². The number of ketones is 1. The molecule has 1 saturated carbocycles. The molecule has 0 spiro atoms. The van der Waals surface area contributed by atoms with Gasteiger partial charge < -0.3 is 29.6 Å². The first kappa shape index (κ1) is 36.1. The smallest absolute Gasteiger partial charge is 0.652 e. The number of aromatic amines is 1. The van der Waals surface area contributed by atoms with E-state index in [9.17, 15) is 9.90 Å². The van der Waals surface area contributed by atoms with Gasteiger partial charge in [0.2, 0.25) is 5.82 Å². The van der Waals surface area contributed by atoms with Crippen LogP contribution in [0.25, 0.3) is 11.4 Å². The molecule has 2 N–H and O–H groups in total. The van der Waals surface area contributed by atoms with Gasteiger partial charge in [0, 0.05) is 17.5 Å². The molecule has 0 bridgehead atoms. The van der Waals surface area contributed by atoms with Crippen molar-refractivity contribution >= 4 is 11.9 Å². The average Bonchev–Trinajstić information content (AvgIpc) is 3.58. The third-order valence-electron chi connectivity index (χ3n) is 6.15. The van der Waals surface area contributed by atoms with Crippen LogP contribution in [0.3, 0.4) is 0 Å². The summed E-state index contributed by atoms with van der Waals surface area (Å²) in [7, 11) is 0. The van der Waals surface area contributed by atoms with Gasteiger partial charge in [-0.15, -0.1) is 10.2 Å². The number of ether oxygens (including phenoxy) is 2. The zero-order chi connectivity index (χ0) is 26.6. The van der Waals surface area contributed by atoms with Gasteiger partial charge in [-0.1, -0.05) is 25.7 Å². The summed E-state index contributed by atoms with van der Waals surface area (Å²) in [4.78, 5) is 20.9. The second-order valence-electron chi connectivity index (χ2n) is 8.78. The molecule has 3 aromatic rings. The van der Waals surface area contributed by atoms with Crippen molar-refractivity contribution < 1.29 is 137 Å². The standard InChI is InChI=1S/C25H30N4O4.CH2O3.2K/c1-17-23(13-12-21(24(17)31)22(30)16-18-6-2-3-7-18)33-15-5-4-14-32-20-10-8-19(9-11-20)25-26-28-29-27-25;2-1(3)4;;/h8-13,18,31H,2-7,14-16H2,1H3,(H,26,27,28,29);(H2,2,3,4);;/q;;2*+1/p-2. The van der Waals surface area contributed by atoms with Gasteiger partial charge in [0.15, 0.2) is 5.78 Å². The van der Waals surface area contributed by atoms with Gasteiger partial charge in [0.25, 0.3) is 0 Å². The van der Waals surface area contributed by atoms with E-state index in [2.05, 4.69) is 20.6 Å². The number of nitrogens with one attached hydrogen (secondary N) is 1. The number of Topliss-reactive ketones (excluding diaryl/α,β-unsaturated/α-hetero) is 1. The molecule has 198 valence electrons. The van der Waals surface area contributed by atoms with Crippen LogP contribution in [-0.4, -0.2) is 50.9 Å². The summed E-state index contributed by atoms with van der Waals surface area (Å²) >= 11 is 0. The Kier molecular flexibility index (Phi) is 17.9. The van der Waals surface area contributed by atoms with Gasteiger partial charge in [-0.3, -0.25) is 4.79 Å². The fourth-order valence-electron chi connectivity index (χ4n) is 4.21. The maximum absolute atomic E-state index is 12.6. The largest absolute Gasteiger partial charge is 1.00 e. The van der Waals surface area contributed by atoms with Crippen molar-refractivity contribution in [3.05, 3.63) is 47.5 Å². The summed E-state index contributed by atoms with van der Waals surface area (Å²) in [5.74, 6) is 2.47. The molecule has 11 nitrogen and oxygen atoms in total. The molecule has 0 saturated heterocycles. The average molecular weight is 589 g/mol. The van der Waals surface area contributed by atoms with Gasteiger partial charge in [0.05, 0.1) is 18.8 Å². The second kappa shape index (κ2) is 19.3. The molecule has 39 heavy (non-hydrogen) atoms. The normalized spacial score (nSPS) is 12.3. The summed E-state index contributed by atoms with van der Waals surface area (Å²) in [6, 6.07) is 11.0. The van der Waals surface area contributed by atoms with E-state index in [0.717, 1.165) is 37.0 Å². The second-order valence-corrected chi connectivity index (χ2v) is 8.78. The van der Waals surface area contributed by atoms with Crippen molar-refractivity contribution in [3.8, 4) is 28.6 Å². The van der Waals surface area contributed by atoms with Crippen LogP contribution in [0.1, 0.15) is 60.9 Å². The summed E-state index contributed by atoms with van der Waals surface area (Å²) in [5.41, 5.74) is 1.89. The van der Waals surface area contributed by atoms with E-state index < -0.39 is 6.16 Å². The number of tetrazole rings is 1. The topological polar surface area (TPSA) is 173 Å². The number of phenolic OH excluding ortho intramolecular Hbond substituents is 1. The first-order valence-electron chi connectivity index (χ1n) is 12.2. The number of phenols is 1. The molecule has 1 aromatic heterocycles. The molecule has 1 heterocycles. The van der Waals surface area contributed by atoms with Crippen LogP contribution in [0.4, 0.5) is 4.79 Å². The molecule has 1 fully saturated rings. The minimum atomic E-state index is -2.33. The molecule has 0 radical (unpaired) electrons. The molecule has 0 atom stereocenters. The Morgan fingerprint density at radius 1 is 1.00 bits per heavy atom. The van der Waals surface area contributed by atoms with Crippen LogP contribution in [0, 0.1) is 12.8 Å². The van der Waals surface area contributed by atoms with E-state index in [1.54, 1.807) is 19.1 Å². The molecular weight excluding hydrogens is 559 g/mol. The fraction of sp³-hybridized carbons (Fsp3) is 0.423. The van der Waals surface area contributed by atoms with Gasteiger partial charge in [-0.2, -0.15) is 5.21 Å². The van der Waals surface area contributed by atoms with E-state index in [1.807, 2.05) is 24.3 Å². The van der Waals surface area contributed by atoms with E-state index >= 15 is 0 Å². The van der Waals surface area contributed by atoms with E-state index in [1.165, 1.54) is 12.8 Å². The van der Waals surface area contributed by atoms with Gasteiger partial charge >= 0.3 is 103 Å². The predicted molar refractivity (Wildman–Crippen MR) is 129 cm³/mol.